The molecule has 1 aromatic carbocycles. The summed E-state index contributed by atoms with van der Waals surface area (Å²) in [7, 11) is 0. The Labute approximate surface area is 247 Å². The number of ketones is 1. The van der Waals surface area contributed by atoms with Crippen LogP contribution in [0.1, 0.15) is 116 Å². The summed E-state index contributed by atoms with van der Waals surface area (Å²) in [6.45, 7) is 13.6. The highest BCUT2D eigenvalue weighted by Crippen LogP contribution is 2.69. The number of carbonyl (C=O) groups is 2. The van der Waals surface area contributed by atoms with E-state index in [2.05, 4.69) is 34.6 Å². The van der Waals surface area contributed by atoms with Crippen LogP contribution in [0.5, 0.6) is 0 Å². The monoisotopic (exact) mass is 564 g/mol. The Hall–Kier alpha value is -1.98. The Kier molecular flexibility index (Phi) is 8.13. The Morgan fingerprint density at radius 2 is 1.63 bits per heavy atom. The first kappa shape index (κ1) is 30.5. The second kappa shape index (κ2) is 10.9. The third kappa shape index (κ3) is 4.74. The van der Waals surface area contributed by atoms with Gasteiger partial charge in [0.25, 0.3) is 0 Å². The first-order valence-corrected chi connectivity index (χ1v) is 16.3. The van der Waals surface area contributed by atoms with E-state index in [1.807, 2.05) is 13.0 Å². The van der Waals surface area contributed by atoms with Crippen LogP contribution in [0.4, 0.5) is 0 Å². The molecule has 9 atom stereocenters. The molecule has 0 heterocycles. The van der Waals surface area contributed by atoms with Crippen LogP contribution in [0.3, 0.4) is 0 Å². The largest absolute Gasteiger partial charge is 0.459 e. The van der Waals surface area contributed by atoms with Gasteiger partial charge in [0.15, 0.2) is 5.78 Å². The summed E-state index contributed by atoms with van der Waals surface area (Å²) in [5.74, 6) is 1.54. The van der Waals surface area contributed by atoms with Crippen LogP contribution in [-0.4, -0.2) is 39.3 Å². The maximum absolute atomic E-state index is 13.9. The molecule has 0 radical (unpaired) electrons. The average molecular weight is 565 g/mol. The van der Waals surface area contributed by atoms with E-state index in [-0.39, 0.29) is 23.5 Å². The molecule has 5 rings (SSSR count). The quantitative estimate of drug-likeness (QED) is 0.324. The van der Waals surface area contributed by atoms with Crippen LogP contribution in [0.25, 0.3) is 0 Å². The topological polar surface area (TPSA) is 83.8 Å². The van der Waals surface area contributed by atoms with Crippen LogP contribution in [0.15, 0.2) is 42.0 Å². The fraction of sp³-hybridized carbons (Fsp3) is 0.722. The van der Waals surface area contributed by atoms with Crippen molar-refractivity contribution in [2.45, 2.75) is 123 Å². The molecular weight excluding hydrogens is 512 g/mol. The van der Waals surface area contributed by atoms with Crippen LogP contribution < -0.4 is 0 Å². The van der Waals surface area contributed by atoms with E-state index < -0.39 is 28.7 Å². The van der Waals surface area contributed by atoms with Crippen molar-refractivity contribution >= 4 is 11.8 Å². The minimum atomic E-state index is -1.61. The van der Waals surface area contributed by atoms with Crippen LogP contribution in [-0.2, 0) is 9.53 Å². The minimum Gasteiger partial charge on any atom is -0.459 e. The van der Waals surface area contributed by atoms with Gasteiger partial charge in [0.2, 0.25) is 0 Å². The number of rotatable bonds is 8. The van der Waals surface area contributed by atoms with Gasteiger partial charge in [-0.2, -0.15) is 0 Å². The number of ether oxygens (including phenoxy) is 1. The van der Waals surface area contributed by atoms with Gasteiger partial charge in [0.05, 0.1) is 11.2 Å². The number of carbonyl (C=O) groups excluding carboxylic acids is 2. The molecule has 0 bridgehead atoms. The fourth-order valence-corrected chi connectivity index (χ4v) is 9.84. The summed E-state index contributed by atoms with van der Waals surface area (Å²) in [4.78, 5) is 26.6. The molecule has 5 nitrogen and oxygen atoms in total. The smallest absolute Gasteiger partial charge is 0.338 e. The maximum Gasteiger partial charge on any atom is 0.338 e. The van der Waals surface area contributed by atoms with Gasteiger partial charge in [-0.15, -0.1) is 0 Å². The molecule has 0 aromatic heterocycles. The fourth-order valence-electron chi connectivity index (χ4n) is 9.84. The van der Waals surface area contributed by atoms with E-state index in [0.29, 0.717) is 42.6 Å². The molecule has 0 unspecified atom stereocenters. The molecule has 4 aliphatic carbocycles. The predicted octanol–water partition coefficient (Wildman–Crippen LogP) is 7.30. The number of benzene rings is 1. The minimum absolute atomic E-state index is 0.0616. The van der Waals surface area contributed by atoms with E-state index >= 15 is 0 Å². The molecule has 2 N–H and O–H groups in total. The van der Waals surface area contributed by atoms with Gasteiger partial charge in [0.1, 0.15) is 11.7 Å². The lowest BCUT2D eigenvalue weighted by molar-refractivity contribution is -0.189. The first-order valence-electron chi connectivity index (χ1n) is 16.3. The van der Waals surface area contributed by atoms with E-state index in [1.54, 1.807) is 30.3 Å². The Morgan fingerprint density at radius 3 is 2.29 bits per heavy atom. The highest BCUT2D eigenvalue weighted by Gasteiger charge is 2.69. The van der Waals surface area contributed by atoms with Crippen molar-refractivity contribution in [1.82, 2.24) is 0 Å². The third-order valence-corrected chi connectivity index (χ3v) is 12.7. The summed E-state index contributed by atoms with van der Waals surface area (Å²) < 4.78 is 5.81. The summed E-state index contributed by atoms with van der Waals surface area (Å²) in [6, 6.07) is 8.87. The average Bonchev–Trinajstić information content (AvgIpc) is 3.22. The lowest BCUT2D eigenvalue weighted by Gasteiger charge is -2.62. The molecular formula is C36H52O5. The number of esters is 1. The molecule has 1 aromatic rings. The number of fused-ring (bicyclic) bond motifs is 5. The maximum atomic E-state index is 13.9. The molecule has 3 fully saturated rings. The summed E-state index contributed by atoms with van der Waals surface area (Å²) in [5.41, 5.74) is -2.26. The van der Waals surface area contributed by atoms with Crippen molar-refractivity contribution in [2.75, 3.05) is 0 Å². The zero-order chi connectivity index (χ0) is 29.8. The van der Waals surface area contributed by atoms with Crippen LogP contribution in [0, 0.1) is 40.4 Å². The molecule has 3 saturated carbocycles. The van der Waals surface area contributed by atoms with Crippen LogP contribution in [0.2, 0.25) is 0 Å². The van der Waals surface area contributed by atoms with E-state index in [1.165, 1.54) is 19.3 Å². The van der Waals surface area contributed by atoms with Gasteiger partial charge in [-0.25, -0.2) is 4.79 Å². The van der Waals surface area contributed by atoms with Crippen molar-refractivity contribution in [3.05, 3.63) is 47.5 Å². The standard InChI is InChI=1S/C36H52O5/c1-7-25(23(2)3)14-13-24(4)28-17-20-35(39)30-21-31(37)36(40)22-27(41-32(38)26-11-9-8-10-12-26)15-18-34(36,6)29(30)16-19-33(28,35)5/h8-12,21,23-25,27-29,39-40H,7,13-20,22H2,1-6H3/t24-,25+,27+,28-,29+,33-,34-,35-,36+/m1/s1. The Balaban J connectivity index is 1.36. The van der Waals surface area contributed by atoms with Gasteiger partial charge in [-0.05, 0) is 98.3 Å². The van der Waals surface area contributed by atoms with E-state index in [9.17, 15) is 19.8 Å². The highest BCUT2D eigenvalue weighted by atomic mass is 16.5. The second-order valence-corrected chi connectivity index (χ2v) is 14.9. The van der Waals surface area contributed by atoms with E-state index in [4.69, 9.17) is 4.74 Å². The number of hydrogen-bond donors (Lipinski definition) is 2. The molecule has 4 aliphatic rings. The van der Waals surface area contributed by atoms with Crippen molar-refractivity contribution in [1.29, 1.82) is 0 Å². The van der Waals surface area contributed by atoms with Crippen LogP contribution >= 0.6 is 0 Å². The zero-order valence-corrected chi connectivity index (χ0v) is 26.1. The normalized spacial score (nSPS) is 39.8. The predicted molar refractivity (Wildman–Crippen MR) is 161 cm³/mol. The molecule has 0 spiro atoms. The van der Waals surface area contributed by atoms with Crippen molar-refractivity contribution in [2.24, 2.45) is 40.4 Å². The Bertz CT molecular complexity index is 1170. The van der Waals surface area contributed by atoms with Gasteiger partial charge < -0.3 is 14.9 Å². The lowest BCUT2D eigenvalue weighted by atomic mass is 9.44. The molecule has 0 aliphatic heterocycles. The first-order chi connectivity index (χ1) is 19.3. The molecule has 226 valence electrons. The van der Waals surface area contributed by atoms with E-state index in [0.717, 1.165) is 30.8 Å². The highest BCUT2D eigenvalue weighted by molar-refractivity contribution is 6.00. The third-order valence-electron chi connectivity index (χ3n) is 12.7. The zero-order valence-electron chi connectivity index (χ0n) is 26.1. The second-order valence-electron chi connectivity index (χ2n) is 14.9. The summed E-state index contributed by atoms with van der Waals surface area (Å²) >= 11 is 0. The number of hydrogen-bond acceptors (Lipinski definition) is 5. The summed E-state index contributed by atoms with van der Waals surface area (Å²) in [6.07, 6.45) is 9.39. The SMILES string of the molecule is CC[C@@H](CC[C@@H](C)[C@H]1CC[C@@]2(O)C3=CC(=O)[C@@]4(O)C[C@@H](OC(=O)c5ccccc5)CC[C@]4(C)[C@H]3CC[C@]12C)C(C)C. The van der Waals surface area contributed by atoms with Gasteiger partial charge in [-0.1, -0.05) is 72.6 Å². The number of aliphatic hydroxyl groups is 2. The molecule has 0 amide bonds. The lowest BCUT2D eigenvalue weighted by Crippen LogP contribution is -2.66. The van der Waals surface area contributed by atoms with Gasteiger partial charge >= 0.3 is 5.97 Å². The molecule has 41 heavy (non-hydrogen) atoms. The molecule has 0 saturated heterocycles. The van der Waals surface area contributed by atoms with Crippen molar-refractivity contribution in [3.63, 3.8) is 0 Å². The molecule has 5 heteroatoms. The van der Waals surface area contributed by atoms with Crippen molar-refractivity contribution < 1.29 is 24.5 Å². The van der Waals surface area contributed by atoms with Crippen molar-refractivity contribution in [3.8, 4) is 0 Å². The Morgan fingerprint density at radius 1 is 0.951 bits per heavy atom. The van der Waals surface area contributed by atoms with Gasteiger partial charge in [-0.3, -0.25) is 4.79 Å². The van der Waals surface area contributed by atoms with Gasteiger partial charge in [0, 0.05) is 17.3 Å². The summed E-state index contributed by atoms with van der Waals surface area (Å²) in [5, 5.41) is 24.6.